The van der Waals surface area contributed by atoms with Crippen LogP contribution in [0.2, 0.25) is 0 Å². The summed E-state index contributed by atoms with van der Waals surface area (Å²) in [5.41, 5.74) is 1.67. The molecule has 3 rings (SSSR count). The van der Waals surface area contributed by atoms with Gasteiger partial charge in [0.05, 0.1) is 18.1 Å². The maximum atomic E-state index is 4.58. The largest absolute Gasteiger partial charge is 0.355 e. The average molecular weight is 274 g/mol. The molecule has 4 nitrogen and oxygen atoms in total. The van der Waals surface area contributed by atoms with Crippen molar-refractivity contribution in [3.05, 3.63) is 18.1 Å². The van der Waals surface area contributed by atoms with E-state index in [1.807, 2.05) is 19.4 Å². The van der Waals surface area contributed by atoms with Gasteiger partial charge in [-0.05, 0) is 38.1 Å². The van der Waals surface area contributed by atoms with Crippen molar-refractivity contribution in [2.75, 3.05) is 25.0 Å². The topological polar surface area (TPSA) is 41.1 Å². The van der Waals surface area contributed by atoms with Gasteiger partial charge in [0.1, 0.15) is 5.82 Å². The average Bonchev–Trinajstić information content (AvgIpc) is 2.50. The van der Waals surface area contributed by atoms with Crippen LogP contribution in [0.25, 0.3) is 0 Å². The van der Waals surface area contributed by atoms with Crippen molar-refractivity contribution < 1.29 is 0 Å². The van der Waals surface area contributed by atoms with E-state index in [1.54, 1.807) is 0 Å². The van der Waals surface area contributed by atoms with Gasteiger partial charge in [0, 0.05) is 19.6 Å². The summed E-state index contributed by atoms with van der Waals surface area (Å²) in [5, 5.41) is 3.11. The Morgan fingerprint density at radius 3 is 2.40 bits per heavy atom. The molecule has 0 bridgehead atoms. The zero-order chi connectivity index (χ0) is 13.8. The molecule has 1 aliphatic carbocycles. The van der Waals surface area contributed by atoms with E-state index in [-0.39, 0.29) is 0 Å². The molecule has 1 N–H and O–H groups in total. The molecule has 1 aliphatic heterocycles. The minimum absolute atomic E-state index is 0.661. The van der Waals surface area contributed by atoms with Crippen molar-refractivity contribution in [2.45, 2.75) is 51.5 Å². The van der Waals surface area contributed by atoms with E-state index in [0.29, 0.717) is 5.41 Å². The number of nitrogens with zero attached hydrogens (tertiary/aromatic N) is 3. The fourth-order valence-corrected chi connectivity index (χ4v) is 3.80. The van der Waals surface area contributed by atoms with E-state index in [2.05, 4.69) is 20.2 Å². The van der Waals surface area contributed by atoms with Crippen LogP contribution >= 0.6 is 0 Å². The summed E-state index contributed by atoms with van der Waals surface area (Å²) < 4.78 is 0. The fraction of sp³-hybridized carbons (Fsp3) is 0.750. The highest BCUT2D eigenvalue weighted by Gasteiger charge is 2.35. The fourth-order valence-electron chi connectivity index (χ4n) is 3.80. The highest BCUT2D eigenvalue weighted by atomic mass is 15.2. The van der Waals surface area contributed by atoms with E-state index in [0.717, 1.165) is 31.1 Å². The minimum atomic E-state index is 0.661. The number of piperidine rings is 1. The van der Waals surface area contributed by atoms with Crippen LogP contribution in [0.4, 0.5) is 5.82 Å². The SMILES string of the molecule is CNCc1cnc(N2CCC3(CCCCC3)CC2)cn1. The van der Waals surface area contributed by atoms with Crippen molar-refractivity contribution in [3.63, 3.8) is 0 Å². The van der Waals surface area contributed by atoms with E-state index in [1.165, 1.54) is 44.9 Å². The van der Waals surface area contributed by atoms with Crippen LogP contribution in [0.1, 0.15) is 50.6 Å². The molecule has 0 unspecified atom stereocenters. The van der Waals surface area contributed by atoms with Gasteiger partial charge in [-0.15, -0.1) is 0 Å². The monoisotopic (exact) mass is 274 g/mol. The third-order valence-corrected chi connectivity index (χ3v) is 5.11. The third kappa shape index (κ3) is 2.95. The predicted molar refractivity (Wildman–Crippen MR) is 81.8 cm³/mol. The molecule has 0 aromatic carbocycles. The molecule has 1 saturated carbocycles. The lowest BCUT2D eigenvalue weighted by molar-refractivity contribution is 0.144. The Balaban J connectivity index is 1.59. The summed E-state index contributed by atoms with van der Waals surface area (Å²) in [7, 11) is 1.93. The first-order valence-electron chi connectivity index (χ1n) is 8.02. The summed E-state index contributed by atoms with van der Waals surface area (Å²) in [6.45, 7) is 3.09. The number of hydrogen-bond acceptors (Lipinski definition) is 4. The molecule has 110 valence electrons. The number of hydrogen-bond donors (Lipinski definition) is 1. The summed E-state index contributed by atoms with van der Waals surface area (Å²) in [6.07, 6.45) is 13.8. The molecule has 2 heterocycles. The first-order valence-corrected chi connectivity index (χ1v) is 8.02. The number of nitrogens with one attached hydrogen (secondary N) is 1. The van der Waals surface area contributed by atoms with Crippen LogP contribution in [0.15, 0.2) is 12.4 Å². The van der Waals surface area contributed by atoms with E-state index in [4.69, 9.17) is 0 Å². The molecule has 2 aliphatic rings. The summed E-state index contributed by atoms with van der Waals surface area (Å²) in [6, 6.07) is 0. The van der Waals surface area contributed by atoms with Crippen LogP contribution in [0.5, 0.6) is 0 Å². The van der Waals surface area contributed by atoms with Gasteiger partial charge in [-0.3, -0.25) is 4.98 Å². The maximum absolute atomic E-state index is 4.58. The molecule has 1 saturated heterocycles. The minimum Gasteiger partial charge on any atom is -0.355 e. The van der Waals surface area contributed by atoms with Gasteiger partial charge in [-0.25, -0.2) is 4.98 Å². The second kappa shape index (κ2) is 6.08. The summed E-state index contributed by atoms with van der Waals surface area (Å²) in [5.74, 6) is 1.05. The van der Waals surface area contributed by atoms with Crippen molar-refractivity contribution in [2.24, 2.45) is 5.41 Å². The van der Waals surface area contributed by atoms with Gasteiger partial charge in [-0.1, -0.05) is 19.3 Å². The highest BCUT2D eigenvalue weighted by Crippen LogP contribution is 2.44. The Bertz CT molecular complexity index is 413. The number of anilines is 1. The molecule has 0 amide bonds. The highest BCUT2D eigenvalue weighted by molar-refractivity contribution is 5.36. The summed E-state index contributed by atoms with van der Waals surface area (Å²) in [4.78, 5) is 11.5. The second-order valence-corrected chi connectivity index (χ2v) is 6.44. The Kier molecular flexibility index (Phi) is 4.20. The van der Waals surface area contributed by atoms with E-state index < -0.39 is 0 Å². The van der Waals surface area contributed by atoms with Crippen LogP contribution in [-0.4, -0.2) is 30.1 Å². The Hall–Kier alpha value is -1.16. The molecule has 0 atom stereocenters. The lowest BCUT2D eigenvalue weighted by Gasteiger charge is -2.44. The maximum Gasteiger partial charge on any atom is 0.147 e. The van der Waals surface area contributed by atoms with Crippen LogP contribution in [0.3, 0.4) is 0 Å². The Labute approximate surface area is 122 Å². The lowest BCUT2D eigenvalue weighted by Crippen LogP contribution is -2.41. The standard InChI is InChI=1S/C16H26N4/c1-17-11-14-12-19-15(13-18-14)20-9-7-16(8-10-20)5-3-2-4-6-16/h12-13,17H,2-11H2,1H3. The molecule has 2 fully saturated rings. The van der Waals surface area contributed by atoms with Gasteiger partial charge in [-0.2, -0.15) is 0 Å². The predicted octanol–water partition coefficient (Wildman–Crippen LogP) is 2.75. The molecule has 1 spiro atoms. The van der Waals surface area contributed by atoms with Crippen molar-refractivity contribution in [1.29, 1.82) is 0 Å². The molecule has 4 heteroatoms. The van der Waals surface area contributed by atoms with Crippen molar-refractivity contribution in [3.8, 4) is 0 Å². The van der Waals surface area contributed by atoms with E-state index in [9.17, 15) is 0 Å². The first-order chi connectivity index (χ1) is 9.81. The number of rotatable bonds is 3. The molecule has 0 radical (unpaired) electrons. The number of aromatic nitrogens is 2. The van der Waals surface area contributed by atoms with Crippen LogP contribution < -0.4 is 10.2 Å². The molecular formula is C16H26N4. The molecule has 1 aromatic rings. The second-order valence-electron chi connectivity index (χ2n) is 6.44. The Morgan fingerprint density at radius 2 is 1.80 bits per heavy atom. The lowest BCUT2D eigenvalue weighted by atomic mass is 9.68. The van der Waals surface area contributed by atoms with Crippen LogP contribution in [0, 0.1) is 5.41 Å². The van der Waals surface area contributed by atoms with Gasteiger partial charge < -0.3 is 10.2 Å². The van der Waals surface area contributed by atoms with E-state index >= 15 is 0 Å². The zero-order valence-electron chi connectivity index (χ0n) is 12.6. The van der Waals surface area contributed by atoms with Gasteiger partial charge in [0.2, 0.25) is 0 Å². The van der Waals surface area contributed by atoms with Crippen LogP contribution in [-0.2, 0) is 6.54 Å². The zero-order valence-corrected chi connectivity index (χ0v) is 12.6. The quantitative estimate of drug-likeness (QED) is 0.920. The van der Waals surface area contributed by atoms with Gasteiger partial charge in [0.25, 0.3) is 0 Å². The molecular weight excluding hydrogens is 248 g/mol. The Morgan fingerprint density at radius 1 is 1.05 bits per heavy atom. The van der Waals surface area contributed by atoms with Gasteiger partial charge in [0.15, 0.2) is 0 Å². The van der Waals surface area contributed by atoms with Crippen molar-refractivity contribution in [1.82, 2.24) is 15.3 Å². The first kappa shape index (κ1) is 13.8. The smallest absolute Gasteiger partial charge is 0.147 e. The van der Waals surface area contributed by atoms with Crippen molar-refractivity contribution >= 4 is 5.82 Å². The molecule has 20 heavy (non-hydrogen) atoms. The third-order valence-electron chi connectivity index (χ3n) is 5.11. The normalized spacial score (nSPS) is 22.1. The van der Waals surface area contributed by atoms with Gasteiger partial charge >= 0.3 is 0 Å². The summed E-state index contributed by atoms with van der Waals surface area (Å²) >= 11 is 0. The molecule has 1 aromatic heterocycles.